The summed E-state index contributed by atoms with van der Waals surface area (Å²) in [6.45, 7) is 3.06. The van der Waals surface area contributed by atoms with Crippen molar-refractivity contribution < 1.29 is 13.9 Å². The van der Waals surface area contributed by atoms with Gasteiger partial charge in [0.15, 0.2) is 0 Å². The molecule has 2 rings (SSSR count). The van der Waals surface area contributed by atoms with Crippen LogP contribution in [0, 0.1) is 0 Å². The van der Waals surface area contributed by atoms with Gasteiger partial charge < -0.3 is 19.8 Å². The number of rotatable bonds is 10. The highest BCUT2D eigenvalue weighted by Gasteiger charge is 1.99. The van der Waals surface area contributed by atoms with Gasteiger partial charge in [-0.25, -0.2) is 4.79 Å². The summed E-state index contributed by atoms with van der Waals surface area (Å²) in [5.41, 5.74) is 0. The molecule has 0 atom stereocenters. The summed E-state index contributed by atoms with van der Waals surface area (Å²) in [6, 6.07) is 5.44. The number of carbonyl (C=O) groups excluding carboxylic acids is 1. The number of urea groups is 1. The molecule has 0 aliphatic carbocycles. The first-order chi connectivity index (χ1) is 10.8. The van der Waals surface area contributed by atoms with Crippen molar-refractivity contribution in [3.63, 3.8) is 0 Å². The van der Waals surface area contributed by atoms with E-state index in [4.69, 9.17) is 9.15 Å². The number of carbonyl (C=O) groups is 1. The monoisotopic (exact) mass is 306 g/mol. The van der Waals surface area contributed by atoms with Gasteiger partial charge in [0.05, 0.1) is 6.26 Å². The number of nitrogens with zero attached hydrogens (tertiary/aromatic N) is 2. The molecule has 0 spiro atoms. The van der Waals surface area contributed by atoms with E-state index in [0.717, 1.165) is 25.1 Å². The zero-order chi connectivity index (χ0) is 15.5. The van der Waals surface area contributed by atoms with E-state index in [-0.39, 0.29) is 6.03 Å². The number of furan rings is 1. The van der Waals surface area contributed by atoms with E-state index in [1.165, 1.54) is 0 Å². The summed E-state index contributed by atoms with van der Waals surface area (Å²) in [4.78, 5) is 11.5. The molecule has 0 saturated heterocycles. The Hall–Kier alpha value is -2.28. The van der Waals surface area contributed by atoms with Gasteiger partial charge in [-0.3, -0.25) is 4.68 Å². The lowest BCUT2D eigenvalue weighted by Crippen LogP contribution is -2.37. The van der Waals surface area contributed by atoms with Gasteiger partial charge in [0.25, 0.3) is 0 Å². The van der Waals surface area contributed by atoms with E-state index in [1.54, 1.807) is 12.5 Å². The van der Waals surface area contributed by atoms with E-state index in [9.17, 15) is 4.79 Å². The molecule has 7 nitrogen and oxygen atoms in total. The lowest BCUT2D eigenvalue weighted by Gasteiger charge is -2.08. The molecule has 0 aromatic carbocycles. The fraction of sp³-hybridized carbons (Fsp3) is 0.467. The third-order valence-electron chi connectivity index (χ3n) is 2.98. The van der Waals surface area contributed by atoms with Crippen LogP contribution in [-0.2, 0) is 17.9 Å². The third-order valence-corrected chi connectivity index (χ3v) is 2.98. The number of hydrogen-bond acceptors (Lipinski definition) is 4. The van der Waals surface area contributed by atoms with Crippen molar-refractivity contribution in [3.05, 3.63) is 42.6 Å². The molecule has 2 aromatic heterocycles. The summed E-state index contributed by atoms with van der Waals surface area (Å²) >= 11 is 0. The average molecular weight is 306 g/mol. The van der Waals surface area contributed by atoms with Crippen LogP contribution in [-0.4, -0.2) is 35.5 Å². The second-order valence-corrected chi connectivity index (χ2v) is 4.79. The largest absolute Gasteiger partial charge is 0.467 e. The summed E-state index contributed by atoms with van der Waals surface area (Å²) in [5.74, 6) is 0.808. The van der Waals surface area contributed by atoms with Gasteiger partial charge in [0, 0.05) is 38.6 Å². The van der Waals surface area contributed by atoms with Crippen molar-refractivity contribution in [2.24, 2.45) is 0 Å². The molecule has 0 fully saturated rings. The molecule has 0 unspecified atom stereocenters. The number of aryl methyl sites for hydroxylation is 1. The molecular weight excluding hydrogens is 284 g/mol. The maximum absolute atomic E-state index is 11.5. The minimum Gasteiger partial charge on any atom is -0.467 e. The topological polar surface area (TPSA) is 81.3 Å². The molecule has 2 N–H and O–H groups in total. The third kappa shape index (κ3) is 6.45. The number of hydrogen-bond donors (Lipinski definition) is 2. The minimum absolute atomic E-state index is 0.147. The van der Waals surface area contributed by atoms with Crippen LogP contribution in [0.3, 0.4) is 0 Å². The second-order valence-electron chi connectivity index (χ2n) is 4.79. The molecule has 0 radical (unpaired) electrons. The molecule has 0 aliphatic heterocycles. The standard InChI is InChI=1S/C15H22N4O3/c20-15(16-6-2-9-19-10-3-8-18-19)17-7-4-11-21-13-14-5-1-12-22-14/h1,3,5,8,10,12H,2,4,6-7,9,11,13H2,(H2,16,17,20). The summed E-state index contributed by atoms with van der Waals surface area (Å²) in [7, 11) is 0. The normalized spacial score (nSPS) is 10.5. The predicted octanol–water partition coefficient (Wildman–Crippen LogP) is 1.77. The Kier molecular flexibility index (Phi) is 7.04. The maximum Gasteiger partial charge on any atom is 0.314 e. The van der Waals surface area contributed by atoms with Crippen molar-refractivity contribution in [1.82, 2.24) is 20.4 Å². The first-order valence-electron chi connectivity index (χ1n) is 7.44. The molecule has 0 bridgehead atoms. The van der Waals surface area contributed by atoms with E-state index < -0.39 is 0 Å². The van der Waals surface area contributed by atoms with Crippen LogP contribution in [0.1, 0.15) is 18.6 Å². The van der Waals surface area contributed by atoms with E-state index in [1.807, 2.05) is 29.1 Å². The first-order valence-corrected chi connectivity index (χ1v) is 7.44. The zero-order valence-corrected chi connectivity index (χ0v) is 12.5. The minimum atomic E-state index is -0.147. The quantitative estimate of drug-likeness (QED) is 0.656. The fourth-order valence-electron chi connectivity index (χ4n) is 1.88. The maximum atomic E-state index is 11.5. The Morgan fingerprint density at radius 3 is 2.86 bits per heavy atom. The molecular formula is C15H22N4O3. The van der Waals surface area contributed by atoms with Crippen molar-refractivity contribution >= 4 is 6.03 Å². The molecule has 0 aliphatic rings. The van der Waals surface area contributed by atoms with Crippen molar-refractivity contribution in [3.8, 4) is 0 Å². The fourth-order valence-corrected chi connectivity index (χ4v) is 1.88. The van der Waals surface area contributed by atoms with Crippen molar-refractivity contribution in [2.45, 2.75) is 26.0 Å². The van der Waals surface area contributed by atoms with Gasteiger partial charge in [0.2, 0.25) is 0 Å². The highest BCUT2D eigenvalue weighted by atomic mass is 16.5. The van der Waals surface area contributed by atoms with Crippen LogP contribution in [0.15, 0.2) is 41.3 Å². The SMILES string of the molecule is O=C(NCCCOCc1ccco1)NCCCn1cccn1. The van der Waals surface area contributed by atoms with Crippen LogP contribution in [0.2, 0.25) is 0 Å². The highest BCUT2D eigenvalue weighted by molar-refractivity contribution is 5.73. The van der Waals surface area contributed by atoms with Gasteiger partial charge in [0.1, 0.15) is 12.4 Å². The molecule has 0 saturated carbocycles. The van der Waals surface area contributed by atoms with Crippen molar-refractivity contribution in [1.29, 1.82) is 0 Å². The Bertz CT molecular complexity index is 511. The van der Waals surface area contributed by atoms with Gasteiger partial charge in [-0.1, -0.05) is 0 Å². The smallest absolute Gasteiger partial charge is 0.314 e. The number of amides is 2. The molecule has 22 heavy (non-hydrogen) atoms. The van der Waals surface area contributed by atoms with Crippen molar-refractivity contribution in [2.75, 3.05) is 19.7 Å². The lowest BCUT2D eigenvalue weighted by atomic mass is 10.4. The van der Waals surface area contributed by atoms with E-state index in [2.05, 4.69) is 15.7 Å². The summed E-state index contributed by atoms with van der Waals surface area (Å²) in [6.07, 6.45) is 6.89. The number of ether oxygens (including phenoxy) is 1. The Morgan fingerprint density at radius 1 is 1.27 bits per heavy atom. The Labute approximate surface area is 129 Å². The second kappa shape index (κ2) is 9.62. The van der Waals surface area contributed by atoms with Crippen LogP contribution in [0.5, 0.6) is 0 Å². The van der Waals surface area contributed by atoms with Crippen LogP contribution in [0.4, 0.5) is 4.79 Å². The van der Waals surface area contributed by atoms with Crippen LogP contribution >= 0.6 is 0 Å². The first kappa shape index (κ1) is 16.1. The predicted molar refractivity (Wildman–Crippen MR) is 81.2 cm³/mol. The summed E-state index contributed by atoms with van der Waals surface area (Å²) in [5, 5.41) is 9.70. The Morgan fingerprint density at radius 2 is 2.14 bits per heavy atom. The zero-order valence-electron chi connectivity index (χ0n) is 12.5. The van der Waals surface area contributed by atoms with E-state index >= 15 is 0 Å². The highest BCUT2D eigenvalue weighted by Crippen LogP contribution is 2.01. The Balaban J connectivity index is 1.39. The molecule has 120 valence electrons. The number of aromatic nitrogens is 2. The summed E-state index contributed by atoms with van der Waals surface area (Å²) < 4.78 is 12.4. The molecule has 7 heteroatoms. The molecule has 2 aromatic rings. The number of nitrogens with one attached hydrogen (secondary N) is 2. The van der Waals surface area contributed by atoms with Gasteiger partial charge in [-0.05, 0) is 31.0 Å². The van der Waals surface area contributed by atoms with Gasteiger partial charge in [-0.15, -0.1) is 0 Å². The van der Waals surface area contributed by atoms with Crippen LogP contribution in [0.25, 0.3) is 0 Å². The van der Waals surface area contributed by atoms with Gasteiger partial charge in [-0.2, -0.15) is 5.10 Å². The molecule has 2 amide bonds. The molecule has 2 heterocycles. The lowest BCUT2D eigenvalue weighted by molar-refractivity contribution is 0.104. The average Bonchev–Trinajstić information content (AvgIpc) is 3.20. The van der Waals surface area contributed by atoms with Crippen LogP contribution < -0.4 is 10.6 Å². The van der Waals surface area contributed by atoms with E-state index in [0.29, 0.717) is 26.3 Å². The van der Waals surface area contributed by atoms with Gasteiger partial charge >= 0.3 is 6.03 Å².